The lowest BCUT2D eigenvalue weighted by molar-refractivity contribution is -0.386. The Hall–Kier alpha value is -4.25. The van der Waals surface area contributed by atoms with Gasteiger partial charge in [0.1, 0.15) is 24.5 Å². The molecule has 1 N–H and O–H groups in total. The summed E-state index contributed by atoms with van der Waals surface area (Å²) < 4.78 is 13.9. The Balaban J connectivity index is 1.45. The average molecular weight is 580 g/mol. The van der Waals surface area contributed by atoms with Crippen LogP contribution in [0.3, 0.4) is 0 Å². The van der Waals surface area contributed by atoms with E-state index in [1.807, 2.05) is 31.2 Å². The molecule has 196 valence electrons. The Kier molecular flexibility index (Phi) is 8.37. The molecule has 10 nitrogen and oxygen atoms in total. The number of benzene rings is 3. The maximum absolute atomic E-state index is 12.3. The fourth-order valence-electron chi connectivity index (χ4n) is 4.09. The summed E-state index contributed by atoms with van der Waals surface area (Å²) in [5, 5.41) is 21.5. The van der Waals surface area contributed by atoms with Crippen molar-refractivity contribution in [1.29, 1.82) is 0 Å². The summed E-state index contributed by atoms with van der Waals surface area (Å²) >= 11 is 3.56. The molecule has 1 aromatic heterocycles. The van der Waals surface area contributed by atoms with Gasteiger partial charge in [-0.15, -0.1) is 0 Å². The summed E-state index contributed by atoms with van der Waals surface area (Å²) in [6.07, 6.45) is 1.48. The Morgan fingerprint density at radius 3 is 2.68 bits per heavy atom. The molecule has 38 heavy (non-hydrogen) atoms. The topological polar surface area (TPSA) is 121 Å². The number of aromatic nitrogens is 2. The maximum atomic E-state index is 12.3. The summed E-state index contributed by atoms with van der Waals surface area (Å²) in [4.78, 5) is 23.0. The lowest BCUT2D eigenvalue weighted by Gasteiger charge is -2.15. The largest absolute Gasteiger partial charge is 0.490 e. The molecule has 0 unspecified atom stereocenters. The predicted molar refractivity (Wildman–Crippen MR) is 148 cm³/mol. The second-order valence-corrected chi connectivity index (χ2v) is 9.27. The van der Waals surface area contributed by atoms with E-state index in [4.69, 9.17) is 9.47 Å². The fraction of sp³-hybridized carbons (Fsp3) is 0.222. The number of rotatable bonds is 10. The van der Waals surface area contributed by atoms with E-state index in [1.165, 1.54) is 17.8 Å². The molecule has 0 spiro atoms. The Bertz CT molecular complexity index is 1530. The average Bonchev–Trinajstić information content (AvgIpc) is 3.16. The van der Waals surface area contributed by atoms with Gasteiger partial charge >= 0.3 is 5.69 Å². The minimum absolute atomic E-state index is 0.0997. The van der Waals surface area contributed by atoms with Gasteiger partial charge in [-0.3, -0.25) is 19.6 Å². The van der Waals surface area contributed by atoms with E-state index in [-0.39, 0.29) is 17.9 Å². The quantitative estimate of drug-likeness (QED) is 0.151. The summed E-state index contributed by atoms with van der Waals surface area (Å²) in [5.74, 6) is 0.623. The second kappa shape index (κ2) is 11.9. The van der Waals surface area contributed by atoms with E-state index in [9.17, 15) is 14.9 Å². The van der Waals surface area contributed by atoms with Gasteiger partial charge in [0, 0.05) is 0 Å². The second-order valence-electron chi connectivity index (χ2n) is 8.42. The summed E-state index contributed by atoms with van der Waals surface area (Å²) in [6.45, 7) is 5.54. The van der Waals surface area contributed by atoms with Crippen molar-refractivity contribution in [3.8, 4) is 11.5 Å². The number of nitrogens with one attached hydrogen (secondary N) is 1. The molecule has 1 amide bonds. The third-order valence-corrected chi connectivity index (χ3v) is 6.39. The zero-order valence-corrected chi connectivity index (χ0v) is 22.7. The Morgan fingerprint density at radius 1 is 1.18 bits per heavy atom. The van der Waals surface area contributed by atoms with Crippen LogP contribution >= 0.6 is 15.9 Å². The summed E-state index contributed by atoms with van der Waals surface area (Å²) in [6, 6.07) is 17.8. The minimum atomic E-state index is -0.506. The monoisotopic (exact) mass is 579 g/mol. The lowest BCUT2D eigenvalue weighted by atomic mass is 10.1. The van der Waals surface area contributed by atoms with Crippen molar-refractivity contribution in [3.63, 3.8) is 0 Å². The molecule has 0 saturated carbocycles. The summed E-state index contributed by atoms with van der Waals surface area (Å²) in [5.41, 5.74) is 4.60. The van der Waals surface area contributed by atoms with Gasteiger partial charge in [-0.2, -0.15) is 10.2 Å². The number of fused-ring (bicyclic) bond motifs is 1. The van der Waals surface area contributed by atoms with Gasteiger partial charge in [0.25, 0.3) is 5.91 Å². The first kappa shape index (κ1) is 26.8. The first-order chi connectivity index (χ1) is 18.3. The van der Waals surface area contributed by atoms with E-state index in [2.05, 4.69) is 49.8 Å². The molecule has 0 fully saturated rings. The predicted octanol–water partition coefficient (Wildman–Crippen LogP) is 5.45. The minimum Gasteiger partial charge on any atom is -0.490 e. The highest BCUT2D eigenvalue weighted by atomic mass is 79.9. The van der Waals surface area contributed by atoms with E-state index in [1.54, 1.807) is 19.1 Å². The number of amides is 1. The highest BCUT2D eigenvalue weighted by Crippen LogP contribution is 2.37. The van der Waals surface area contributed by atoms with Gasteiger partial charge < -0.3 is 9.47 Å². The van der Waals surface area contributed by atoms with Crippen molar-refractivity contribution in [1.82, 2.24) is 15.2 Å². The van der Waals surface area contributed by atoms with Crippen molar-refractivity contribution in [3.05, 3.63) is 91.7 Å². The molecule has 0 bridgehead atoms. The van der Waals surface area contributed by atoms with Crippen LogP contribution in [-0.2, 0) is 17.9 Å². The van der Waals surface area contributed by atoms with Crippen LogP contribution in [0.2, 0.25) is 0 Å². The molecule has 0 radical (unpaired) electrons. The van der Waals surface area contributed by atoms with Crippen LogP contribution in [0.5, 0.6) is 11.5 Å². The molecule has 0 atom stereocenters. The number of hydrogen-bond acceptors (Lipinski definition) is 7. The third-order valence-electron chi connectivity index (χ3n) is 5.81. The van der Waals surface area contributed by atoms with Gasteiger partial charge in [0.05, 0.1) is 22.2 Å². The van der Waals surface area contributed by atoms with Gasteiger partial charge in [-0.05, 0) is 70.7 Å². The molecule has 0 saturated heterocycles. The van der Waals surface area contributed by atoms with Gasteiger partial charge in [-0.25, -0.2) is 5.43 Å². The van der Waals surface area contributed by atoms with Crippen LogP contribution in [0.4, 0.5) is 5.69 Å². The van der Waals surface area contributed by atoms with Crippen LogP contribution in [0.15, 0.2) is 64.2 Å². The standard InChI is InChI=1S/C27H26BrN5O5/c1-4-37-24-13-19(14-29-30-25(34)15-32-18(3)26(33(35)36)17(2)31-32)12-23(28)27(24)38-16-21-10-7-9-20-8-5-6-11-22(20)21/h5-14H,4,15-16H2,1-3H3,(H,30,34)/b29-14+. The Labute approximate surface area is 227 Å². The smallest absolute Gasteiger partial charge is 0.312 e. The number of carbonyl (C=O) groups is 1. The molecule has 0 aliphatic carbocycles. The first-order valence-corrected chi connectivity index (χ1v) is 12.6. The molecule has 0 aliphatic rings. The number of hydrogen-bond donors (Lipinski definition) is 1. The molecule has 1 heterocycles. The van der Waals surface area contributed by atoms with Crippen LogP contribution in [-0.4, -0.2) is 33.4 Å². The van der Waals surface area contributed by atoms with E-state index >= 15 is 0 Å². The molecule has 3 aromatic carbocycles. The number of nitrogens with zero attached hydrogens (tertiary/aromatic N) is 4. The number of halogens is 1. The maximum Gasteiger partial charge on any atom is 0.312 e. The normalized spacial score (nSPS) is 11.2. The zero-order chi connectivity index (χ0) is 27.2. The Morgan fingerprint density at radius 2 is 1.95 bits per heavy atom. The van der Waals surface area contributed by atoms with Crippen molar-refractivity contribution in [2.24, 2.45) is 5.10 Å². The van der Waals surface area contributed by atoms with Crippen LogP contribution in [0, 0.1) is 24.0 Å². The lowest BCUT2D eigenvalue weighted by Crippen LogP contribution is -2.24. The number of hydrazone groups is 1. The SMILES string of the molecule is CCOc1cc(/C=N/NC(=O)Cn2nc(C)c([N+](=O)[O-])c2C)cc(Br)c1OCc1cccc2ccccc12. The van der Waals surface area contributed by atoms with Gasteiger partial charge in [0.2, 0.25) is 0 Å². The van der Waals surface area contributed by atoms with E-state index < -0.39 is 10.8 Å². The van der Waals surface area contributed by atoms with Crippen molar-refractivity contribution >= 4 is 44.5 Å². The van der Waals surface area contributed by atoms with Crippen molar-refractivity contribution < 1.29 is 19.2 Å². The third kappa shape index (κ3) is 6.00. The molecule has 0 aliphatic heterocycles. The van der Waals surface area contributed by atoms with Gasteiger partial charge in [-0.1, -0.05) is 42.5 Å². The molecular formula is C27H26BrN5O5. The molecule has 4 aromatic rings. The van der Waals surface area contributed by atoms with Crippen LogP contribution in [0.25, 0.3) is 10.8 Å². The number of nitro groups is 1. The highest BCUT2D eigenvalue weighted by Gasteiger charge is 2.22. The highest BCUT2D eigenvalue weighted by molar-refractivity contribution is 9.10. The summed E-state index contributed by atoms with van der Waals surface area (Å²) in [7, 11) is 0. The van der Waals surface area contributed by atoms with Crippen molar-refractivity contribution in [2.75, 3.05) is 6.61 Å². The molecule has 11 heteroatoms. The fourth-order valence-corrected chi connectivity index (χ4v) is 4.66. The number of aryl methyl sites for hydroxylation is 1. The number of ether oxygens (including phenoxy) is 2. The zero-order valence-electron chi connectivity index (χ0n) is 21.1. The van der Waals surface area contributed by atoms with Gasteiger partial charge in [0.15, 0.2) is 11.5 Å². The van der Waals surface area contributed by atoms with E-state index in [0.29, 0.717) is 40.4 Å². The van der Waals surface area contributed by atoms with Crippen LogP contribution in [0.1, 0.15) is 29.4 Å². The number of carbonyl (C=O) groups excluding carboxylic acids is 1. The molecular weight excluding hydrogens is 554 g/mol. The van der Waals surface area contributed by atoms with Crippen molar-refractivity contribution in [2.45, 2.75) is 33.9 Å². The molecule has 4 rings (SSSR count). The van der Waals surface area contributed by atoms with Crippen LogP contribution < -0.4 is 14.9 Å². The first-order valence-electron chi connectivity index (χ1n) is 11.8. The van der Waals surface area contributed by atoms with E-state index in [0.717, 1.165) is 16.3 Å².